The van der Waals surface area contributed by atoms with Crippen molar-refractivity contribution in [1.29, 1.82) is 0 Å². The van der Waals surface area contributed by atoms with Crippen molar-refractivity contribution in [2.45, 2.75) is 33.2 Å². The molecule has 6 heteroatoms. The fourth-order valence-corrected chi connectivity index (χ4v) is 3.59. The van der Waals surface area contributed by atoms with Gasteiger partial charge in [-0.1, -0.05) is 26.8 Å². The number of nitrogens with zero attached hydrogens (tertiary/aromatic N) is 1. The molecular weight excluding hydrogens is 304 g/mol. The molecule has 114 valence electrons. The van der Waals surface area contributed by atoms with Crippen molar-refractivity contribution < 1.29 is 9.90 Å². The van der Waals surface area contributed by atoms with Gasteiger partial charge >= 0.3 is 0 Å². The molecule has 0 saturated heterocycles. The molecule has 0 saturated carbocycles. The second-order valence-corrected chi connectivity index (χ2v) is 7.73. The molecule has 0 aliphatic carbocycles. The topological polar surface area (TPSA) is 62.2 Å². The first kappa shape index (κ1) is 16.1. The number of carbonyl (C=O) groups is 1. The molecule has 1 atom stereocenters. The average molecular weight is 324 g/mol. The first-order valence-corrected chi connectivity index (χ1v) is 8.59. The minimum absolute atomic E-state index is 0.0553. The molecular formula is C15H20N2O2S2. The Bertz CT molecular complexity index is 585. The number of aliphatic hydroxyl groups is 1. The highest BCUT2D eigenvalue weighted by molar-refractivity contribution is 7.20. The molecule has 2 aromatic rings. The Kier molecular flexibility index (Phi) is 5.13. The van der Waals surface area contributed by atoms with Gasteiger partial charge in [0, 0.05) is 18.0 Å². The molecule has 0 aliphatic heterocycles. The molecule has 2 aromatic heterocycles. The van der Waals surface area contributed by atoms with Crippen LogP contribution >= 0.6 is 22.7 Å². The van der Waals surface area contributed by atoms with Crippen molar-refractivity contribution >= 4 is 28.6 Å². The molecule has 21 heavy (non-hydrogen) atoms. The molecule has 0 aliphatic rings. The van der Waals surface area contributed by atoms with Crippen LogP contribution in [0.15, 0.2) is 22.9 Å². The van der Waals surface area contributed by atoms with Crippen molar-refractivity contribution in [3.05, 3.63) is 28.6 Å². The zero-order valence-corrected chi connectivity index (χ0v) is 14.1. The maximum Gasteiger partial charge on any atom is 0.271 e. The third-order valence-electron chi connectivity index (χ3n) is 3.24. The second kappa shape index (κ2) is 6.68. The van der Waals surface area contributed by atoms with Gasteiger partial charge in [0.05, 0.1) is 4.88 Å². The maximum atomic E-state index is 12.3. The summed E-state index contributed by atoms with van der Waals surface area (Å²) in [6.07, 6.45) is 0.539. The predicted octanol–water partition coefficient (Wildman–Crippen LogP) is 3.40. The zero-order valence-electron chi connectivity index (χ0n) is 12.4. The number of carbonyl (C=O) groups excluding carboxylic acids is 1. The number of rotatable bonds is 5. The quantitative estimate of drug-likeness (QED) is 0.886. The van der Waals surface area contributed by atoms with E-state index in [2.05, 4.69) is 10.3 Å². The molecule has 4 nitrogen and oxygen atoms in total. The summed E-state index contributed by atoms with van der Waals surface area (Å²) < 4.78 is 0. The average Bonchev–Trinajstić information content (AvgIpc) is 3.07. The van der Waals surface area contributed by atoms with Gasteiger partial charge < -0.3 is 10.4 Å². The lowest BCUT2D eigenvalue weighted by Gasteiger charge is -2.30. The van der Waals surface area contributed by atoms with Crippen LogP contribution in [0.25, 0.3) is 9.88 Å². The number of aromatic nitrogens is 1. The lowest BCUT2D eigenvalue weighted by atomic mass is 9.85. The molecule has 1 amide bonds. The number of hydrogen-bond donors (Lipinski definition) is 2. The molecule has 2 rings (SSSR count). The number of thiophene rings is 1. The van der Waals surface area contributed by atoms with Crippen molar-refractivity contribution in [1.82, 2.24) is 10.3 Å². The number of nitrogens with one attached hydrogen (secondary N) is 1. The normalized spacial score (nSPS) is 13.1. The largest absolute Gasteiger partial charge is 0.396 e. The van der Waals surface area contributed by atoms with Crippen LogP contribution in [0, 0.1) is 5.41 Å². The fourth-order valence-electron chi connectivity index (χ4n) is 1.97. The Morgan fingerprint density at radius 1 is 1.43 bits per heavy atom. The van der Waals surface area contributed by atoms with E-state index in [1.54, 1.807) is 16.7 Å². The Labute approximate surface area is 132 Å². The Morgan fingerprint density at radius 2 is 2.19 bits per heavy atom. The van der Waals surface area contributed by atoms with Crippen LogP contribution in [0.4, 0.5) is 0 Å². The van der Waals surface area contributed by atoms with E-state index in [9.17, 15) is 4.79 Å². The summed E-state index contributed by atoms with van der Waals surface area (Å²) in [5, 5.41) is 16.8. The summed E-state index contributed by atoms with van der Waals surface area (Å²) in [6.45, 7) is 6.20. The van der Waals surface area contributed by atoms with Gasteiger partial charge in [0.1, 0.15) is 10.7 Å². The van der Waals surface area contributed by atoms with E-state index in [0.29, 0.717) is 12.1 Å². The number of hydrogen-bond acceptors (Lipinski definition) is 5. The predicted molar refractivity (Wildman–Crippen MR) is 87.8 cm³/mol. The highest BCUT2D eigenvalue weighted by atomic mass is 32.1. The van der Waals surface area contributed by atoms with Gasteiger partial charge in [0.15, 0.2) is 0 Å². The highest BCUT2D eigenvalue weighted by Crippen LogP contribution is 2.28. The number of thiazole rings is 1. The van der Waals surface area contributed by atoms with Gasteiger partial charge in [0.25, 0.3) is 5.91 Å². The SMILES string of the molecule is CC(C)(C)C(CCO)NC(=O)c1csc(-c2cccs2)n1. The van der Waals surface area contributed by atoms with Gasteiger partial charge in [-0.05, 0) is 23.3 Å². The van der Waals surface area contributed by atoms with E-state index < -0.39 is 0 Å². The van der Waals surface area contributed by atoms with Gasteiger partial charge in [-0.3, -0.25) is 4.79 Å². The Hall–Kier alpha value is -1.24. The van der Waals surface area contributed by atoms with E-state index in [4.69, 9.17) is 5.11 Å². The van der Waals surface area contributed by atoms with Crippen LogP contribution in [-0.2, 0) is 0 Å². The maximum absolute atomic E-state index is 12.3. The first-order valence-electron chi connectivity index (χ1n) is 6.83. The second-order valence-electron chi connectivity index (χ2n) is 5.92. The van der Waals surface area contributed by atoms with Gasteiger partial charge in [-0.2, -0.15) is 0 Å². The number of aliphatic hydroxyl groups excluding tert-OH is 1. The molecule has 1 unspecified atom stereocenters. The standard InChI is InChI=1S/C15H20N2O2S2/c1-15(2,3)12(6-7-18)17-13(19)10-9-21-14(16-10)11-5-4-8-20-11/h4-5,8-9,12,18H,6-7H2,1-3H3,(H,17,19). The van der Waals surface area contributed by atoms with Crippen molar-refractivity contribution in [2.24, 2.45) is 5.41 Å². The first-order chi connectivity index (χ1) is 9.91. The summed E-state index contributed by atoms with van der Waals surface area (Å²) in [5.74, 6) is -0.178. The van der Waals surface area contributed by atoms with E-state index >= 15 is 0 Å². The fraction of sp³-hybridized carbons (Fsp3) is 0.467. The monoisotopic (exact) mass is 324 g/mol. The van der Waals surface area contributed by atoms with E-state index in [-0.39, 0.29) is 24.0 Å². The molecule has 0 spiro atoms. The van der Waals surface area contributed by atoms with Gasteiger partial charge in [-0.25, -0.2) is 4.98 Å². The number of amides is 1. The summed E-state index contributed by atoms with van der Waals surface area (Å²) >= 11 is 3.08. The summed E-state index contributed by atoms with van der Waals surface area (Å²) in [7, 11) is 0. The minimum Gasteiger partial charge on any atom is -0.396 e. The Morgan fingerprint density at radius 3 is 2.76 bits per heavy atom. The van der Waals surface area contributed by atoms with Crippen LogP contribution < -0.4 is 5.32 Å². The van der Waals surface area contributed by atoms with Crippen molar-refractivity contribution in [3.63, 3.8) is 0 Å². The van der Waals surface area contributed by atoms with E-state index in [1.165, 1.54) is 11.3 Å². The zero-order chi connectivity index (χ0) is 15.5. The van der Waals surface area contributed by atoms with Crippen LogP contribution in [0.3, 0.4) is 0 Å². The third kappa shape index (κ3) is 4.12. The summed E-state index contributed by atoms with van der Waals surface area (Å²) in [4.78, 5) is 17.8. The van der Waals surface area contributed by atoms with Crippen LogP contribution in [0.5, 0.6) is 0 Å². The smallest absolute Gasteiger partial charge is 0.271 e. The molecule has 2 N–H and O–H groups in total. The summed E-state index contributed by atoms with van der Waals surface area (Å²) in [6, 6.07) is 3.88. The van der Waals surface area contributed by atoms with E-state index in [0.717, 1.165) is 9.88 Å². The minimum atomic E-state index is -0.178. The third-order valence-corrected chi connectivity index (χ3v) is 5.12. The van der Waals surface area contributed by atoms with Crippen molar-refractivity contribution in [2.75, 3.05) is 6.61 Å². The van der Waals surface area contributed by atoms with Crippen LogP contribution in [-0.4, -0.2) is 28.6 Å². The lowest BCUT2D eigenvalue weighted by molar-refractivity contribution is 0.0881. The Balaban J connectivity index is 2.09. The molecule has 0 aromatic carbocycles. The van der Waals surface area contributed by atoms with Gasteiger partial charge in [0.2, 0.25) is 0 Å². The lowest BCUT2D eigenvalue weighted by Crippen LogP contribution is -2.44. The molecule has 2 heterocycles. The molecule has 0 bridgehead atoms. The van der Waals surface area contributed by atoms with Crippen LogP contribution in [0.1, 0.15) is 37.7 Å². The van der Waals surface area contributed by atoms with Gasteiger partial charge in [-0.15, -0.1) is 22.7 Å². The van der Waals surface area contributed by atoms with E-state index in [1.807, 2.05) is 38.3 Å². The highest BCUT2D eigenvalue weighted by Gasteiger charge is 2.26. The van der Waals surface area contributed by atoms with Crippen LogP contribution in [0.2, 0.25) is 0 Å². The molecule has 0 radical (unpaired) electrons. The molecule has 0 fully saturated rings. The summed E-state index contributed by atoms with van der Waals surface area (Å²) in [5.41, 5.74) is 0.334. The van der Waals surface area contributed by atoms with Crippen molar-refractivity contribution in [3.8, 4) is 9.88 Å².